The third-order valence-corrected chi connectivity index (χ3v) is 5.89. The van der Waals surface area contributed by atoms with Crippen molar-refractivity contribution in [1.29, 1.82) is 0 Å². The average molecular weight is 449 g/mol. The molecule has 2 N–H and O–H groups in total. The van der Waals surface area contributed by atoms with Gasteiger partial charge >= 0.3 is 5.97 Å². The van der Waals surface area contributed by atoms with E-state index in [2.05, 4.69) is 27.5 Å². The predicted molar refractivity (Wildman–Crippen MR) is 126 cm³/mol. The average Bonchev–Trinajstić information content (AvgIpc) is 3.00. The number of nitrogens with zero attached hydrogens (tertiary/aromatic N) is 3. The molecule has 0 aliphatic carbocycles. The van der Waals surface area contributed by atoms with Crippen LogP contribution in [0.2, 0.25) is 0 Å². The van der Waals surface area contributed by atoms with Crippen molar-refractivity contribution < 1.29 is 19.4 Å². The van der Waals surface area contributed by atoms with Crippen LogP contribution in [-0.2, 0) is 16.1 Å². The minimum absolute atomic E-state index is 0.252. The van der Waals surface area contributed by atoms with Gasteiger partial charge in [0.1, 0.15) is 11.4 Å². The first-order chi connectivity index (χ1) is 16.0. The maximum atomic E-state index is 13.6. The van der Waals surface area contributed by atoms with Crippen LogP contribution in [0.1, 0.15) is 18.9 Å². The molecular weight excluding hydrogens is 420 g/mol. The third kappa shape index (κ3) is 4.75. The van der Waals surface area contributed by atoms with Crippen LogP contribution in [0.3, 0.4) is 0 Å². The molecule has 2 aromatic carbocycles. The zero-order chi connectivity index (χ0) is 23.4. The molecule has 1 fully saturated rings. The predicted octanol–water partition coefficient (Wildman–Crippen LogP) is 2.87. The van der Waals surface area contributed by atoms with E-state index in [4.69, 9.17) is 4.74 Å². The van der Waals surface area contributed by atoms with E-state index in [0.717, 1.165) is 19.5 Å². The van der Waals surface area contributed by atoms with Crippen molar-refractivity contribution in [2.75, 3.05) is 31.8 Å². The van der Waals surface area contributed by atoms with E-state index in [1.165, 1.54) is 17.7 Å². The minimum Gasteiger partial charge on any atom is -0.494 e. The Morgan fingerprint density at radius 2 is 1.91 bits per heavy atom. The van der Waals surface area contributed by atoms with Crippen LogP contribution in [0.25, 0.3) is 0 Å². The smallest absolute Gasteiger partial charge is 0.312 e. The fourth-order valence-corrected chi connectivity index (χ4v) is 4.13. The maximum absolute atomic E-state index is 13.6. The van der Waals surface area contributed by atoms with E-state index in [0.29, 0.717) is 35.8 Å². The Morgan fingerprint density at radius 1 is 1.18 bits per heavy atom. The number of rotatable bonds is 6. The van der Waals surface area contributed by atoms with Gasteiger partial charge in [-0.25, -0.2) is 0 Å². The molecule has 1 unspecified atom stereocenters. The zero-order valence-corrected chi connectivity index (χ0v) is 18.8. The molecule has 2 aromatic rings. The molecule has 4 rings (SSSR count). The Labute approximate surface area is 193 Å². The summed E-state index contributed by atoms with van der Waals surface area (Å²) in [7, 11) is 1.53. The molecule has 1 amide bonds. The Hall–Kier alpha value is -3.65. The van der Waals surface area contributed by atoms with Gasteiger partial charge in [0.05, 0.1) is 24.3 Å². The van der Waals surface area contributed by atoms with E-state index in [-0.39, 0.29) is 11.6 Å². The normalized spacial score (nSPS) is 20.1. The number of aliphatic carboxylic acids is 1. The fourth-order valence-electron chi connectivity index (χ4n) is 4.13. The Morgan fingerprint density at radius 3 is 2.64 bits per heavy atom. The minimum atomic E-state index is -1.03. The van der Waals surface area contributed by atoms with Gasteiger partial charge in [0.15, 0.2) is 0 Å². The highest BCUT2D eigenvalue weighted by atomic mass is 16.5. The molecule has 0 radical (unpaired) electrons. The van der Waals surface area contributed by atoms with Gasteiger partial charge in [-0.05, 0) is 31.0 Å². The highest BCUT2D eigenvalue weighted by Gasteiger charge is 2.40. The number of ether oxygens (including phenoxy) is 1. The summed E-state index contributed by atoms with van der Waals surface area (Å²) in [4.78, 5) is 27.8. The number of benzene rings is 2. The number of para-hydroxylation sites is 2. The first-order valence-corrected chi connectivity index (χ1v) is 11.0. The lowest BCUT2D eigenvalue weighted by molar-refractivity contribution is -0.138. The number of hydrogen-bond acceptors (Lipinski definition) is 6. The summed E-state index contributed by atoms with van der Waals surface area (Å²) >= 11 is 0. The Kier molecular flexibility index (Phi) is 6.74. The quantitative estimate of drug-likeness (QED) is 0.660. The summed E-state index contributed by atoms with van der Waals surface area (Å²) in [6, 6.07) is 17.2. The summed E-state index contributed by atoms with van der Waals surface area (Å²) in [5.74, 6) is -1.84. The fraction of sp³-hybridized carbons (Fsp3) is 0.320. The van der Waals surface area contributed by atoms with Crippen molar-refractivity contribution >= 4 is 23.3 Å². The highest BCUT2D eigenvalue weighted by Crippen LogP contribution is 2.34. The number of nitrogens with one attached hydrogen (secondary N) is 1. The van der Waals surface area contributed by atoms with Gasteiger partial charge in [0, 0.05) is 31.9 Å². The topological polar surface area (TPSA) is 94.5 Å². The second-order valence-electron chi connectivity index (χ2n) is 8.16. The molecule has 0 spiro atoms. The number of carbonyl (C=O) groups excluding carboxylic acids is 1. The van der Waals surface area contributed by atoms with E-state index in [1.54, 1.807) is 31.2 Å². The number of methoxy groups -OCH3 is 1. The molecule has 2 aliphatic heterocycles. The van der Waals surface area contributed by atoms with Crippen molar-refractivity contribution in [2.45, 2.75) is 19.9 Å². The third-order valence-electron chi connectivity index (χ3n) is 5.89. The van der Waals surface area contributed by atoms with Crippen LogP contribution >= 0.6 is 0 Å². The molecule has 0 aromatic heterocycles. The lowest BCUT2D eigenvalue weighted by Crippen LogP contribution is -2.32. The molecule has 33 heavy (non-hydrogen) atoms. The number of hydrazone groups is 1. The summed E-state index contributed by atoms with van der Waals surface area (Å²) in [5, 5.41) is 18.8. The van der Waals surface area contributed by atoms with E-state index < -0.39 is 11.9 Å². The molecular formula is C25H28N4O4. The Bertz CT molecular complexity index is 1100. The van der Waals surface area contributed by atoms with Gasteiger partial charge in [-0.1, -0.05) is 42.5 Å². The van der Waals surface area contributed by atoms with Crippen LogP contribution in [0.4, 0.5) is 5.69 Å². The van der Waals surface area contributed by atoms with Crippen molar-refractivity contribution in [3.8, 4) is 5.75 Å². The van der Waals surface area contributed by atoms with Gasteiger partial charge in [0.2, 0.25) is 0 Å². The van der Waals surface area contributed by atoms with Crippen molar-refractivity contribution in [3.63, 3.8) is 0 Å². The molecule has 2 aliphatic rings. The van der Waals surface area contributed by atoms with Crippen LogP contribution in [0.15, 0.2) is 71.0 Å². The molecule has 0 saturated carbocycles. The van der Waals surface area contributed by atoms with E-state index in [9.17, 15) is 14.7 Å². The Balaban J connectivity index is 1.73. The molecule has 0 bridgehead atoms. The molecule has 1 saturated heterocycles. The van der Waals surface area contributed by atoms with E-state index in [1.807, 2.05) is 18.2 Å². The van der Waals surface area contributed by atoms with Crippen molar-refractivity contribution in [2.24, 2.45) is 11.0 Å². The number of carbonyl (C=O) groups is 2. The summed E-state index contributed by atoms with van der Waals surface area (Å²) < 4.78 is 5.41. The number of anilines is 1. The zero-order valence-electron chi connectivity index (χ0n) is 18.8. The van der Waals surface area contributed by atoms with Gasteiger partial charge < -0.3 is 15.2 Å². The second kappa shape index (κ2) is 9.87. The molecule has 8 nitrogen and oxygen atoms in total. The van der Waals surface area contributed by atoms with Crippen LogP contribution in [0.5, 0.6) is 5.75 Å². The standard InChI is InChI=1S/C25H28N4O4/c1-17(25(31)32)23-22(24(30)29(27-23)20-11-6-7-12-21(20)33-2)19-16-28(14-8-13-26-19)15-18-9-4-3-5-10-18/h3-7,9-12,17,26H,8,13-16H2,1-2H3,(H,31,32). The van der Waals surface area contributed by atoms with Crippen LogP contribution in [-0.4, -0.2) is 54.3 Å². The van der Waals surface area contributed by atoms with Gasteiger partial charge in [-0.15, -0.1) is 0 Å². The number of carboxylic acid groups (broad SMARTS) is 1. The van der Waals surface area contributed by atoms with Gasteiger partial charge in [0.25, 0.3) is 5.91 Å². The largest absolute Gasteiger partial charge is 0.494 e. The number of hydrogen-bond donors (Lipinski definition) is 2. The van der Waals surface area contributed by atoms with Crippen molar-refractivity contribution in [1.82, 2.24) is 10.2 Å². The molecule has 2 heterocycles. The SMILES string of the molecule is COc1ccccc1N1N=C(C(C)C(=O)O)C(=C2CN(Cc3ccccc3)CCCN2)C1=O. The first-order valence-electron chi connectivity index (χ1n) is 11.0. The number of amides is 1. The van der Waals surface area contributed by atoms with Crippen molar-refractivity contribution in [3.05, 3.63) is 71.4 Å². The summed E-state index contributed by atoms with van der Waals surface area (Å²) in [5.41, 5.74) is 2.95. The summed E-state index contributed by atoms with van der Waals surface area (Å²) in [6.45, 7) is 4.36. The van der Waals surface area contributed by atoms with Gasteiger partial charge in [-0.2, -0.15) is 10.1 Å². The first kappa shape index (κ1) is 22.5. The highest BCUT2D eigenvalue weighted by molar-refractivity contribution is 6.34. The lowest BCUT2D eigenvalue weighted by Gasteiger charge is -2.22. The molecule has 172 valence electrons. The lowest BCUT2D eigenvalue weighted by atomic mass is 9.96. The number of carboxylic acids is 1. The molecule has 1 atom stereocenters. The molecule has 8 heteroatoms. The van der Waals surface area contributed by atoms with Crippen LogP contribution < -0.4 is 15.1 Å². The maximum Gasteiger partial charge on any atom is 0.312 e. The van der Waals surface area contributed by atoms with E-state index >= 15 is 0 Å². The summed E-state index contributed by atoms with van der Waals surface area (Å²) in [6.07, 6.45) is 0.912. The monoisotopic (exact) mass is 448 g/mol. The van der Waals surface area contributed by atoms with Gasteiger partial charge in [-0.3, -0.25) is 14.5 Å². The van der Waals surface area contributed by atoms with Crippen LogP contribution in [0, 0.1) is 5.92 Å². The second-order valence-corrected chi connectivity index (χ2v) is 8.16.